The van der Waals surface area contributed by atoms with Crippen LogP contribution in [0.4, 0.5) is 0 Å². The molecule has 3 rings (SSSR count). The van der Waals surface area contributed by atoms with Crippen LogP contribution in [0.5, 0.6) is 5.88 Å². The summed E-state index contributed by atoms with van der Waals surface area (Å²) in [5.41, 5.74) is 0.657. The third-order valence-electron chi connectivity index (χ3n) is 2.51. The summed E-state index contributed by atoms with van der Waals surface area (Å²) < 4.78 is 1.44. The van der Waals surface area contributed by atoms with E-state index in [1.807, 2.05) is 18.2 Å². The second-order valence-corrected chi connectivity index (χ2v) is 4.41. The van der Waals surface area contributed by atoms with Crippen LogP contribution in [0.2, 0.25) is 0 Å². The minimum atomic E-state index is -0.250. The van der Waals surface area contributed by atoms with Gasteiger partial charge in [0.15, 0.2) is 4.96 Å². The van der Waals surface area contributed by atoms with Gasteiger partial charge < -0.3 is 5.11 Å². The van der Waals surface area contributed by atoms with Crippen molar-refractivity contribution in [2.45, 2.75) is 0 Å². The third-order valence-corrected chi connectivity index (χ3v) is 3.27. The number of hydrogen-bond acceptors (Lipinski definition) is 4. The van der Waals surface area contributed by atoms with Gasteiger partial charge in [-0.15, -0.1) is 11.3 Å². The number of benzene rings is 1. The fraction of sp³-hybridized carbons (Fsp3) is 0. The highest BCUT2D eigenvalue weighted by Crippen LogP contribution is 2.24. The summed E-state index contributed by atoms with van der Waals surface area (Å²) in [4.78, 5) is 16.7. The Bertz CT molecular complexity index is 731. The van der Waals surface area contributed by atoms with E-state index in [9.17, 15) is 9.90 Å². The molecule has 4 nitrogen and oxygen atoms in total. The van der Waals surface area contributed by atoms with Gasteiger partial charge in [-0.1, -0.05) is 30.3 Å². The first-order chi connectivity index (χ1) is 8.27. The highest BCUT2D eigenvalue weighted by molar-refractivity contribution is 7.15. The van der Waals surface area contributed by atoms with Crippen LogP contribution in [-0.4, -0.2) is 14.5 Å². The summed E-state index contributed by atoms with van der Waals surface area (Å²) in [5.74, 6) is -0.219. The van der Waals surface area contributed by atoms with Crippen LogP contribution in [0.3, 0.4) is 0 Å². The van der Waals surface area contributed by atoms with Crippen LogP contribution in [0.1, 0.15) is 0 Å². The molecule has 0 saturated carbocycles. The molecule has 2 heterocycles. The lowest BCUT2D eigenvalue weighted by Gasteiger charge is -2.03. The van der Waals surface area contributed by atoms with Crippen molar-refractivity contribution < 1.29 is 5.11 Å². The lowest BCUT2D eigenvalue weighted by atomic mass is 10.1. The zero-order chi connectivity index (χ0) is 11.8. The van der Waals surface area contributed by atoms with Crippen molar-refractivity contribution in [1.82, 2.24) is 9.38 Å². The molecular formula is C12H8N2O2S. The first-order valence-corrected chi connectivity index (χ1v) is 5.89. The molecular weight excluding hydrogens is 236 g/mol. The van der Waals surface area contributed by atoms with Gasteiger partial charge in [-0.05, 0) is 5.56 Å². The van der Waals surface area contributed by atoms with E-state index in [1.165, 1.54) is 15.7 Å². The molecule has 0 aliphatic carbocycles. The van der Waals surface area contributed by atoms with Crippen LogP contribution in [0.15, 0.2) is 46.7 Å². The van der Waals surface area contributed by atoms with Crippen molar-refractivity contribution in [3.05, 3.63) is 52.3 Å². The normalized spacial score (nSPS) is 10.8. The Morgan fingerprint density at radius 1 is 1.24 bits per heavy atom. The first kappa shape index (κ1) is 10.0. The molecule has 1 aromatic carbocycles. The van der Waals surface area contributed by atoms with Gasteiger partial charge in [-0.2, -0.15) is 4.98 Å². The number of fused-ring (bicyclic) bond motifs is 1. The molecule has 1 N–H and O–H groups in total. The Morgan fingerprint density at radius 3 is 2.76 bits per heavy atom. The van der Waals surface area contributed by atoms with E-state index in [1.54, 1.807) is 23.7 Å². The molecule has 0 atom stereocenters. The SMILES string of the molecule is O=c1c(-c2ccccc2)c(O)nc2sccn12. The van der Waals surface area contributed by atoms with E-state index in [0.717, 1.165) is 0 Å². The molecule has 0 aliphatic heterocycles. The summed E-state index contributed by atoms with van der Waals surface area (Å²) in [6.07, 6.45) is 1.65. The third kappa shape index (κ3) is 1.52. The monoisotopic (exact) mass is 244 g/mol. The molecule has 0 fully saturated rings. The number of aromatic nitrogens is 2. The predicted octanol–water partition coefficient (Wildman–Crippen LogP) is 2.13. The van der Waals surface area contributed by atoms with Gasteiger partial charge in [0, 0.05) is 11.6 Å². The molecule has 0 saturated heterocycles. The topological polar surface area (TPSA) is 54.6 Å². The maximum Gasteiger partial charge on any atom is 0.270 e. The Hall–Kier alpha value is -2.14. The van der Waals surface area contributed by atoms with Crippen LogP contribution >= 0.6 is 11.3 Å². The Morgan fingerprint density at radius 2 is 2.00 bits per heavy atom. The summed E-state index contributed by atoms with van der Waals surface area (Å²) >= 11 is 1.31. The Kier molecular flexibility index (Phi) is 2.19. The summed E-state index contributed by atoms with van der Waals surface area (Å²) in [7, 11) is 0. The van der Waals surface area contributed by atoms with Crippen LogP contribution in [0.25, 0.3) is 16.1 Å². The molecule has 0 bridgehead atoms. The van der Waals surface area contributed by atoms with Crippen LogP contribution in [0, 0.1) is 0 Å². The van der Waals surface area contributed by atoms with Crippen molar-refractivity contribution in [2.24, 2.45) is 0 Å². The minimum absolute atomic E-state index is 0.219. The fourth-order valence-corrected chi connectivity index (χ4v) is 2.43. The molecule has 0 unspecified atom stereocenters. The van der Waals surface area contributed by atoms with Gasteiger partial charge in [-0.3, -0.25) is 9.20 Å². The largest absolute Gasteiger partial charge is 0.493 e. The van der Waals surface area contributed by atoms with Crippen molar-refractivity contribution in [3.63, 3.8) is 0 Å². The standard InChI is InChI=1S/C12H8N2O2S/c15-10-9(8-4-2-1-3-5-8)11(16)14-6-7-17-12(14)13-10/h1-7,15H. The minimum Gasteiger partial charge on any atom is -0.493 e. The van der Waals surface area contributed by atoms with E-state index in [-0.39, 0.29) is 17.0 Å². The molecule has 0 aliphatic rings. The smallest absolute Gasteiger partial charge is 0.270 e. The average molecular weight is 244 g/mol. The van der Waals surface area contributed by atoms with E-state index in [2.05, 4.69) is 4.98 Å². The number of rotatable bonds is 1. The molecule has 5 heteroatoms. The lowest BCUT2D eigenvalue weighted by Crippen LogP contribution is -2.14. The second-order valence-electron chi connectivity index (χ2n) is 3.54. The highest BCUT2D eigenvalue weighted by atomic mass is 32.1. The number of aromatic hydroxyl groups is 1. The zero-order valence-electron chi connectivity index (χ0n) is 8.70. The Labute approximate surface area is 100 Å². The maximum absolute atomic E-state index is 12.2. The van der Waals surface area contributed by atoms with E-state index >= 15 is 0 Å². The van der Waals surface area contributed by atoms with Gasteiger partial charge in [0.2, 0.25) is 5.88 Å². The van der Waals surface area contributed by atoms with Gasteiger partial charge in [-0.25, -0.2) is 0 Å². The predicted molar refractivity (Wildman–Crippen MR) is 66.4 cm³/mol. The summed E-state index contributed by atoms with van der Waals surface area (Å²) in [6.45, 7) is 0. The van der Waals surface area contributed by atoms with E-state index < -0.39 is 0 Å². The van der Waals surface area contributed by atoms with Gasteiger partial charge in [0.05, 0.1) is 0 Å². The molecule has 3 aromatic rings. The second kappa shape index (κ2) is 3.71. The maximum atomic E-state index is 12.2. The molecule has 84 valence electrons. The number of thiazole rings is 1. The first-order valence-electron chi connectivity index (χ1n) is 5.01. The van der Waals surface area contributed by atoms with Crippen LogP contribution < -0.4 is 5.56 Å². The molecule has 0 spiro atoms. The van der Waals surface area contributed by atoms with Gasteiger partial charge >= 0.3 is 0 Å². The fourth-order valence-electron chi connectivity index (χ4n) is 1.73. The number of nitrogens with zero attached hydrogens (tertiary/aromatic N) is 2. The highest BCUT2D eigenvalue weighted by Gasteiger charge is 2.13. The molecule has 17 heavy (non-hydrogen) atoms. The van der Waals surface area contributed by atoms with Crippen molar-refractivity contribution in [3.8, 4) is 17.0 Å². The molecule has 0 amide bonds. The van der Waals surface area contributed by atoms with Crippen molar-refractivity contribution >= 4 is 16.3 Å². The average Bonchev–Trinajstić information content (AvgIpc) is 2.78. The quantitative estimate of drug-likeness (QED) is 0.713. The van der Waals surface area contributed by atoms with Crippen molar-refractivity contribution in [1.29, 1.82) is 0 Å². The van der Waals surface area contributed by atoms with Gasteiger partial charge in [0.1, 0.15) is 5.56 Å². The summed E-state index contributed by atoms with van der Waals surface area (Å²) in [5, 5.41) is 11.6. The number of hydrogen-bond donors (Lipinski definition) is 1. The van der Waals surface area contributed by atoms with E-state index in [4.69, 9.17) is 0 Å². The van der Waals surface area contributed by atoms with E-state index in [0.29, 0.717) is 10.5 Å². The molecule has 0 radical (unpaired) electrons. The lowest BCUT2D eigenvalue weighted by molar-refractivity contribution is 0.455. The van der Waals surface area contributed by atoms with Crippen molar-refractivity contribution in [2.75, 3.05) is 0 Å². The Balaban J connectivity index is 2.40. The van der Waals surface area contributed by atoms with Crippen LogP contribution in [-0.2, 0) is 0 Å². The zero-order valence-corrected chi connectivity index (χ0v) is 9.52. The van der Waals surface area contributed by atoms with Gasteiger partial charge in [0.25, 0.3) is 5.56 Å². The summed E-state index contributed by atoms with van der Waals surface area (Å²) in [6, 6.07) is 9.04. The molecule has 2 aromatic heterocycles.